The Labute approximate surface area is 199 Å². The molecule has 1 aromatic heterocycles. The fourth-order valence-corrected chi connectivity index (χ4v) is 6.88. The van der Waals surface area contributed by atoms with E-state index in [1.807, 2.05) is 7.05 Å². The fraction of sp³-hybridized carbons (Fsp3) is 0.450. The number of hydrogen-bond donors (Lipinski definition) is 1. The Morgan fingerprint density at radius 3 is 2.59 bits per heavy atom. The van der Waals surface area contributed by atoms with Crippen LogP contribution in [0.4, 0.5) is 5.69 Å². The number of nitro groups is 1. The Balaban J connectivity index is 1.75. The van der Waals surface area contributed by atoms with E-state index >= 15 is 0 Å². The summed E-state index contributed by atoms with van der Waals surface area (Å²) >= 11 is 4.64. The summed E-state index contributed by atoms with van der Waals surface area (Å²) in [4.78, 5) is 25.4. The molecule has 0 spiro atoms. The van der Waals surface area contributed by atoms with Crippen molar-refractivity contribution in [1.29, 1.82) is 0 Å². The van der Waals surface area contributed by atoms with Gasteiger partial charge in [0, 0.05) is 25.2 Å². The third kappa shape index (κ3) is 5.93. The predicted octanol–water partition coefficient (Wildman–Crippen LogP) is 3.32. The second-order valence-electron chi connectivity index (χ2n) is 7.59. The second-order valence-corrected chi connectivity index (χ2v) is 11.9. The number of thiophene rings is 1. The first-order chi connectivity index (χ1) is 15.2. The summed E-state index contributed by atoms with van der Waals surface area (Å²) < 4.78 is 29.3. The molecule has 1 aliphatic heterocycles. The van der Waals surface area contributed by atoms with E-state index in [-0.39, 0.29) is 23.4 Å². The molecule has 1 fully saturated rings. The highest BCUT2D eigenvalue weighted by Gasteiger charge is 2.36. The van der Waals surface area contributed by atoms with Gasteiger partial charge in [0.15, 0.2) is 4.90 Å². The van der Waals surface area contributed by atoms with E-state index in [2.05, 4.69) is 26.1 Å². The molecule has 9 nitrogen and oxygen atoms in total. The van der Waals surface area contributed by atoms with Gasteiger partial charge in [0.25, 0.3) is 11.6 Å². The topological polar surface area (TPSA) is 113 Å². The molecule has 3 rings (SSSR count). The van der Waals surface area contributed by atoms with E-state index in [0.717, 1.165) is 16.9 Å². The summed E-state index contributed by atoms with van der Waals surface area (Å²) in [5, 5.41) is 14.3. The van der Waals surface area contributed by atoms with Crippen LogP contribution in [-0.2, 0) is 10.0 Å². The van der Waals surface area contributed by atoms with Crippen LogP contribution in [0.25, 0.3) is 0 Å². The van der Waals surface area contributed by atoms with Gasteiger partial charge in [0.05, 0.1) is 13.6 Å². The molecule has 0 aliphatic carbocycles. The largest absolute Gasteiger partial charge is 0.351 e. The van der Waals surface area contributed by atoms with Crippen LogP contribution in [-0.4, -0.2) is 67.7 Å². The monoisotopic (exact) mass is 544 g/mol. The lowest BCUT2D eigenvalue weighted by molar-refractivity contribution is -0.387. The zero-order chi connectivity index (χ0) is 23.3. The molecule has 2 aromatic rings. The van der Waals surface area contributed by atoms with Gasteiger partial charge >= 0.3 is 0 Å². The number of carbonyl (C=O) groups is 1. The number of nitrogens with zero attached hydrogens (tertiary/aromatic N) is 3. The van der Waals surface area contributed by atoms with E-state index in [1.165, 1.54) is 39.9 Å². The highest BCUT2D eigenvalue weighted by molar-refractivity contribution is 9.11. The number of sulfonamides is 1. The number of carbonyl (C=O) groups excluding carboxylic acids is 1. The molecule has 2 heterocycles. The maximum Gasteiger partial charge on any atom is 0.289 e. The van der Waals surface area contributed by atoms with Crippen LogP contribution in [0.2, 0.25) is 0 Å². The number of nitrogens with one attached hydrogen (secondary N) is 1. The van der Waals surface area contributed by atoms with E-state index in [1.54, 1.807) is 12.1 Å². The van der Waals surface area contributed by atoms with Gasteiger partial charge in [-0.15, -0.1) is 11.3 Å². The average Bonchev–Trinajstić information content (AvgIpc) is 3.20. The van der Waals surface area contributed by atoms with E-state index in [9.17, 15) is 23.3 Å². The zero-order valence-corrected chi connectivity index (χ0v) is 20.8. The number of likely N-dealkylation sites (tertiary alicyclic amines) is 1. The first-order valence-electron chi connectivity index (χ1n) is 10.2. The van der Waals surface area contributed by atoms with Crippen molar-refractivity contribution in [2.45, 2.75) is 30.2 Å². The molecule has 0 unspecified atom stereocenters. The number of para-hydroxylation sites is 1. The van der Waals surface area contributed by atoms with Gasteiger partial charge in [0.1, 0.15) is 0 Å². The zero-order valence-electron chi connectivity index (χ0n) is 17.6. The van der Waals surface area contributed by atoms with Crippen LogP contribution >= 0.6 is 27.3 Å². The van der Waals surface area contributed by atoms with Gasteiger partial charge in [-0.25, -0.2) is 8.42 Å². The minimum Gasteiger partial charge on any atom is -0.351 e. The van der Waals surface area contributed by atoms with Crippen molar-refractivity contribution in [3.63, 3.8) is 0 Å². The Kier molecular flexibility index (Phi) is 8.39. The molecule has 1 aliphatic rings. The summed E-state index contributed by atoms with van der Waals surface area (Å²) in [6.07, 6.45) is 1.68. The van der Waals surface area contributed by atoms with Gasteiger partial charge in [-0.2, -0.15) is 4.31 Å². The maximum atomic E-state index is 13.5. The third-order valence-electron chi connectivity index (χ3n) is 5.38. The van der Waals surface area contributed by atoms with Crippen LogP contribution < -0.4 is 5.32 Å². The van der Waals surface area contributed by atoms with Gasteiger partial charge < -0.3 is 10.2 Å². The maximum absolute atomic E-state index is 13.5. The molecule has 0 radical (unpaired) electrons. The number of benzene rings is 1. The quantitative estimate of drug-likeness (QED) is 0.294. The molecule has 0 atom stereocenters. The smallest absolute Gasteiger partial charge is 0.289 e. The number of amides is 1. The molecule has 0 saturated carbocycles. The molecule has 32 heavy (non-hydrogen) atoms. The molecule has 0 bridgehead atoms. The SMILES string of the molecule is CN1CCC(N(CCCNC(=O)c2ccc(Br)s2)S(=O)(=O)c2ccccc2[N+](=O)[O-])CC1. The Morgan fingerprint density at radius 1 is 1.28 bits per heavy atom. The minimum atomic E-state index is -4.09. The Hall–Kier alpha value is -1.86. The number of piperidine rings is 1. The molecule has 174 valence electrons. The van der Waals surface area contributed by atoms with Gasteiger partial charge in [-0.05, 0) is 73.5 Å². The first-order valence-corrected chi connectivity index (χ1v) is 13.2. The number of nitro benzene ring substituents is 1. The number of rotatable bonds is 9. The molecule has 1 aromatic carbocycles. The molecule has 12 heteroatoms. The van der Waals surface area contributed by atoms with Crippen molar-refractivity contribution in [2.75, 3.05) is 33.2 Å². The average molecular weight is 545 g/mol. The summed E-state index contributed by atoms with van der Waals surface area (Å²) in [5.74, 6) is -0.215. The molecular weight excluding hydrogens is 520 g/mol. The lowest BCUT2D eigenvalue weighted by Gasteiger charge is -2.36. The van der Waals surface area contributed by atoms with Crippen molar-refractivity contribution in [1.82, 2.24) is 14.5 Å². The summed E-state index contributed by atoms with van der Waals surface area (Å²) in [6.45, 7) is 1.95. The molecule has 1 amide bonds. The molecular formula is C20H25BrN4O5S2. The molecule has 1 saturated heterocycles. The number of hydrogen-bond acceptors (Lipinski definition) is 7. The lowest BCUT2D eigenvalue weighted by atomic mass is 10.1. The van der Waals surface area contributed by atoms with Crippen LogP contribution in [0, 0.1) is 10.1 Å². The van der Waals surface area contributed by atoms with Crippen LogP contribution in [0.5, 0.6) is 0 Å². The van der Waals surface area contributed by atoms with Crippen molar-refractivity contribution in [3.05, 3.63) is 55.2 Å². The van der Waals surface area contributed by atoms with Gasteiger partial charge in [0.2, 0.25) is 10.0 Å². The summed E-state index contributed by atoms with van der Waals surface area (Å²) in [7, 11) is -2.11. The van der Waals surface area contributed by atoms with E-state index in [0.29, 0.717) is 30.7 Å². The minimum absolute atomic E-state index is 0.164. The third-order valence-corrected chi connectivity index (χ3v) is 9.00. The lowest BCUT2D eigenvalue weighted by Crippen LogP contribution is -2.47. The van der Waals surface area contributed by atoms with E-state index < -0.39 is 20.6 Å². The van der Waals surface area contributed by atoms with Gasteiger partial charge in [-0.1, -0.05) is 12.1 Å². The highest BCUT2D eigenvalue weighted by Crippen LogP contribution is 2.30. The first kappa shape index (κ1) is 24.8. The predicted molar refractivity (Wildman–Crippen MR) is 126 cm³/mol. The number of halogens is 1. The Morgan fingerprint density at radius 2 is 1.97 bits per heavy atom. The van der Waals surface area contributed by atoms with Crippen LogP contribution in [0.1, 0.15) is 28.9 Å². The van der Waals surface area contributed by atoms with E-state index in [4.69, 9.17) is 0 Å². The molecule has 1 N–H and O–H groups in total. The fourth-order valence-electron chi connectivity index (χ4n) is 3.69. The van der Waals surface area contributed by atoms with Crippen molar-refractivity contribution < 1.29 is 18.1 Å². The summed E-state index contributed by atoms with van der Waals surface area (Å²) in [6, 6.07) is 8.70. The normalized spacial score (nSPS) is 15.7. The highest BCUT2D eigenvalue weighted by atomic mass is 79.9. The van der Waals surface area contributed by atoms with Crippen LogP contribution in [0.3, 0.4) is 0 Å². The summed E-state index contributed by atoms with van der Waals surface area (Å²) in [5.41, 5.74) is -0.429. The van der Waals surface area contributed by atoms with Crippen molar-refractivity contribution in [2.24, 2.45) is 0 Å². The van der Waals surface area contributed by atoms with Crippen molar-refractivity contribution in [3.8, 4) is 0 Å². The standard InChI is InChI=1S/C20H25BrN4O5S2/c1-23-13-9-15(10-14-23)24(12-4-11-22-20(26)17-7-8-19(21)31-17)32(29,30)18-6-3-2-5-16(18)25(27)28/h2-3,5-8,15H,4,9-14H2,1H3,(H,22,26). The van der Waals surface area contributed by atoms with Crippen LogP contribution in [0.15, 0.2) is 45.1 Å². The van der Waals surface area contributed by atoms with Crippen molar-refractivity contribution >= 4 is 48.9 Å². The van der Waals surface area contributed by atoms with Gasteiger partial charge in [-0.3, -0.25) is 14.9 Å². The Bertz CT molecular complexity index is 1070. The second kappa shape index (κ2) is 10.8.